The summed E-state index contributed by atoms with van der Waals surface area (Å²) in [5, 5.41) is 2.97. The molecule has 2 aliphatic rings. The van der Waals surface area contributed by atoms with E-state index in [1.54, 1.807) is 0 Å². The highest BCUT2D eigenvalue weighted by Crippen LogP contribution is 2.39. The first kappa shape index (κ1) is 23.8. The Morgan fingerprint density at radius 1 is 1.15 bits per heavy atom. The summed E-state index contributed by atoms with van der Waals surface area (Å²) in [5.74, 6) is 0.0375. The molecular weight excluding hydrogens is 428 g/mol. The summed E-state index contributed by atoms with van der Waals surface area (Å²) in [6.07, 6.45) is 11.0. The normalized spacial score (nSPS) is 19.8. The topological polar surface area (TPSA) is 49.4 Å². The Morgan fingerprint density at radius 2 is 2.00 bits per heavy atom. The van der Waals surface area contributed by atoms with Crippen molar-refractivity contribution in [2.24, 2.45) is 0 Å². The third-order valence-corrected chi connectivity index (χ3v) is 7.66. The molecule has 1 unspecified atom stereocenters. The predicted octanol–water partition coefficient (Wildman–Crippen LogP) is 6.78. The van der Waals surface area contributed by atoms with Gasteiger partial charge in [-0.25, -0.2) is 0 Å². The quantitative estimate of drug-likeness (QED) is 0.253. The molecule has 0 saturated carbocycles. The van der Waals surface area contributed by atoms with E-state index >= 15 is 0 Å². The van der Waals surface area contributed by atoms with E-state index in [1.807, 2.05) is 54.6 Å². The summed E-state index contributed by atoms with van der Waals surface area (Å²) < 4.78 is 0. The van der Waals surface area contributed by atoms with Gasteiger partial charge in [0.2, 0.25) is 0 Å². The Kier molecular flexibility index (Phi) is 8.40. The number of fused-ring (bicyclic) bond motifs is 1. The number of anilines is 1. The van der Waals surface area contributed by atoms with Gasteiger partial charge in [-0.05, 0) is 69.0 Å². The Labute approximate surface area is 201 Å². The molecule has 0 aromatic heterocycles. The van der Waals surface area contributed by atoms with E-state index in [0.717, 1.165) is 41.6 Å². The number of thioether (sulfide) groups is 1. The van der Waals surface area contributed by atoms with Crippen molar-refractivity contribution < 1.29 is 9.59 Å². The number of nitrogens with one attached hydrogen (secondary N) is 1. The minimum Gasteiger partial charge on any atom is -0.320 e. The van der Waals surface area contributed by atoms with E-state index in [1.165, 1.54) is 50.4 Å². The zero-order valence-electron chi connectivity index (χ0n) is 19.5. The van der Waals surface area contributed by atoms with Crippen LogP contribution in [-0.4, -0.2) is 35.7 Å². The maximum absolute atomic E-state index is 12.8. The number of nitrogens with zero attached hydrogens (tertiary/aromatic N) is 1. The number of ketones is 1. The van der Waals surface area contributed by atoms with Gasteiger partial charge < -0.3 is 10.2 Å². The monoisotopic (exact) mass is 462 g/mol. The first-order valence-electron chi connectivity index (χ1n) is 12.3. The lowest BCUT2D eigenvalue weighted by atomic mass is 9.97. The molecule has 2 heterocycles. The lowest BCUT2D eigenvalue weighted by Gasteiger charge is -2.35. The Hall–Kier alpha value is -2.37. The van der Waals surface area contributed by atoms with Crippen molar-refractivity contribution in [1.82, 2.24) is 4.90 Å². The molecular formula is C28H34N2O2S. The van der Waals surface area contributed by atoms with Crippen molar-refractivity contribution in [3.8, 4) is 0 Å². The molecule has 1 saturated heterocycles. The van der Waals surface area contributed by atoms with Crippen LogP contribution in [0, 0.1) is 0 Å². The summed E-state index contributed by atoms with van der Waals surface area (Å²) in [6.45, 7) is 4.58. The molecule has 33 heavy (non-hydrogen) atoms. The van der Waals surface area contributed by atoms with Crippen LogP contribution in [0.4, 0.5) is 5.69 Å². The minimum absolute atomic E-state index is 0.121. The van der Waals surface area contributed by atoms with Crippen LogP contribution in [0.3, 0.4) is 0 Å². The van der Waals surface area contributed by atoms with Crippen LogP contribution in [0.15, 0.2) is 58.3 Å². The van der Waals surface area contributed by atoms with Crippen LogP contribution in [0.5, 0.6) is 0 Å². The molecule has 4 nitrogen and oxygen atoms in total. The summed E-state index contributed by atoms with van der Waals surface area (Å²) in [7, 11) is 0. The number of benzene rings is 2. The number of carbonyl (C=O) groups is 2. The highest BCUT2D eigenvalue weighted by Gasteiger charge is 2.23. The SMILES string of the molecule is CCCC1CCCCN1CCCCC(=O)c1ccc2c(c1)NC(=O)/C(=C/c1ccccc1)S2. The summed E-state index contributed by atoms with van der Waals surface area (Å²) in [5.41, 5.74) is 2.42. The number of rotatable bonds is 9. The van der Waals surface area contributed by atoms with Gasteiger partial charge in [0.25, 0.3) is 5.91 Å². The second kappa shape index (κ2) is 11.7. The molecule has 1 amide bonds. The van der Waals surface area contributed by atoms with Crippen molar-refractivity contribution in [3.63, 3.8) is 0 Å². The number of likely N-dealkylation sites (tertiary alicyclic amines) is 1. The van der Waals surface area contributed by atoms with Crippen LogP contribution in [0.25, 0.3) is 6.08 Å². The highest BCUT2D eigenvalue weighted by molar-refractivity contribution is 8.04. The number of carbonyl (C=O) groups excluding carboxylic acids is 2. The lowest BCUT2D eigenvalue weighted by Crippen LogP contribution is -2.39. The molecule has 4 rings (SSSR count). The second-order valence-electron chi connectivity index (χ2n) is 9.04. The zero-order valence-corrected chi connectivity index (χ0v) is 20.3. The molecule has 2 aliphatic heterocycles. The largest absolute Gasteiger partial charge is 0.320 e. The van der Waals surface area contributed by atoms with Gasteiger partial charge in [-0.2, -0.15) is 0 Å². The number of amides is 1. The van der Waals surface area contributed by atoms with E-state index in [2.05, 4.69) is 17.1 Å². The standard InChI is InChI=1S/C28H34N2O2S/c1-2-10-23-13-6-8-17-30(23)18-9-7-14-25(31)22-15-16-26-24(20-22)29-28(32)27(33-26)19-21-11-4-3-5-12-21/h3-5,11-12,15-16,19-20,23H,2,6-10,13-14,17-18H2,1H3,(H,29,32)/b27-19-. The fourth-order valence-electron chi connectivity index (χ4n) is 4.79. The van der Waals surface area contributed by atoms with Crippen molar-refractivity contribution in [2.45, 2.75) is 69.2 Å². The summed E-state index contributed by atoms with van der Waals surface area (Å²) in [6, 6.07) is 16.3. The maximum atomic E-state index is 12.8. The molecule has 0 aliphatic carbocycles. The fraction of sp³-hybridized carbons (Fsp3) is 0.429. The maximum Gasteiger partial charge on any atom is 0.262 e. The number of piperidine rings is 1. The summed E-state index contributed by atoms with van der Waals surface area (Å²) in [4.78, 5) is 29.7. The third kappa shape index (κ3) is 6.36. The number of hydrogen-bond donors (Lipinski definition) is 1. The molecule has 2 aromatic rings. The van der Waals surface area contributed by atoms with E-state index in [0.29, 0.717) is 16.9 Å². The Bertz CT molecular complexity index is 1000. The highest BCUT2D eigenvalue weighted by atomic mass is 32.2. The molecule has 0 radical (unpaired) electrons. The van der Waals surface area contributed by atoms with Crippen molar-refractivity contribution in [2.75, 3.05) is 18.4 Å². The molecule has 174 valence electrons. The number of hydrogen-bond acceptors (Lipinski definition) is 4. The molecule has 1 fully saturated rings. The van der Waals surface area contributed by atoms with Crippen LogP contribution >= 0.6 is 11.8 Å². The Morgan fingerprint density at radius 3 is 2.82 bits per heavy atom. The molecule has 1 N–H and O–H groups in total. The summed E-state index contributed by atoms with van der Waals surface area (Å²) >= 11 is 1.45. The van der Waals surface area contributed by atoms with Gasteiger partial charge >= 0.3 is 0 Å². The lowest BCUT2D eigenvalue weighted by molar-refractivity contribution is -0.112. The smallest absolute Gasteiger partial charge is 0.262 e. The van der Waals surface area contributed by atoms with Crippen molar-refractivity contribution in [3.05, 3.63) is 64.6 Å². The van der Waals surface area contributed by atoms with E-state index in [4.69, 9.17) is 0 Å². The van der Waals surface area contributed by atoms with Crippen molar-refractivity contribution >= 4 is 35.2 Å². The van der Waals surface area contributed by atoms with Gasteiger partial charge in [0, 0.05) is 22.9 Å². The minimum atomic E-state index is -0.121. The van der Waals surface area contributed by atoms with Gasteiger partial charge in [0.1, 0.15) is 0 Å². The zero-order chi connectivity index (χ0) is 23.0. The molecule has 1 atom stereocenters. The van der Waals surface area contributed by atoms with E-state index in [9.17, 15) is 9.59 Å². The average Bonchev–Trinajstić information content (AvgIpc) is 2.83. The average molecular weight is 463 g/mol. The van der Waals surface area contributed by atoms with Gasteiger partial charge in [-0.1, -0.05) is 67.9 Å². The van der Waals surface area contributed by atoms with Crippen molar-refractivity contribution in [1.29, 1.82) is 0 Å². The molecule has 5 heteroatoms. The predicted molar refractivity (Wildman–Crippen MR) is 138 cm³/mol. The van der Waals surface area contributed by atoms with Crippen LogP contribution in [-0.2, 0) is 4.79 Å². The molecule has 0 bridgehead atoms. The van der Waals surface area contributed by atoms with Gasteiger partial charge in [0.15, 0.2) is 5.78 Å². The molecule has 0 spiro atoms. The van der Waals surface area contributed by atoms with Crippen LogP contribution < -0.4 is 5.32 Å². The fourth-order valence-corrected chi connectivity index (χ4v) is 5.73. The van der Waals surface area contributed by atoms with Gasteiger partial charge in [-0.15, -0.1) is 0 Å². The van der Waals surface area contributed by atoms with Crippen LogP contribution in [0.1, 0.15) is 74.2 Å². The van der Waals surface area contributed by atoms with E-state index < -0.39 is 0 Å². The Balaban J connectivity index is 1.31. The number of Topliss-reactive ketones (excluding diaryl/α,β-unsaturated/α-hetero) is 1. The first-order chi connectivity index (χ1) is 16.1. The van der Waals surface area contributed by atoms with Gasteiger partial charge in [-0.3, -0.25) is 9.59 Å². The van der Waals surface area contributed by atoms with Crippen LogP contribution in [0.2, 0.25) is 0 Å². The van der Waals surface area contributed by atoms with Gasteiger partial charge in [0.05, 0.1) is 10.6 Å². The van der Waals surface area contributed by atoms with E-state index in [-0.39, 0.29) is 11.7 Å². The number of unbranched alkanes of at least 4 members (excludes halogenated alkanes) is 1. The first-order valence-corrected chi connectivity index (χ1v) is 13.1. The molecule has 2 aromatic carbocycles. The third-order valence-electron chi connectivity index (χ3n) is 6.56. The second-order valence-corrected chi connectivity index (χ2v) is 10.1.